The fraction of sp³-hybridized carbons (Fsp3) is 0.917. The van der Waals surface area contributed by atoms with Crippen molar-refractivity contribution in [2.45, 2.75) is 44.8 Å². The second kappa shape index (κ2) is 5.15. The van der Waals surface area contributed by atoms with E-state index in [4.69, 9.17) is 0 Å². The van der Waals surface area contributed by atoms with Crippen molar-refractivity contribution < 1.29 is 9.90 Å². The molecular weight excluding hydrogens is 204 g/mol. The maximum atomic E-state index is 11.2. The van der Waals surface area contributed by atoms with E-state index in [0.717, 1.165) is 51.9 Å². The molecule has 0 aromatic heterocycles. The molecule has 1 N–H and O–H groups in total. The minimum absolute atomic E-state index is 0.0743. The Hall–Kier alpha value is -0.610. The highest BCUT2D eigenvalue weighted by molar-refractivity contribution is 5.73. The van der Waals surface area contributed by atoms with E-state index in [1.807, 2.05) is 4.90 Å². The molecule has 2 rings (SSSR count). The molecule has 2 aliphatic rings. The Kier molecular flexibility index (Phi) is 3.82. The van der Waals surface area contributed by atoms with E-state index in [1.54, 1.807) is 6.92 Å². The molecule has 0 aromatic rings. The highest BCUT2D eigenvalue weighted by Crippen LogP contribution is 2.23. The zero-order valence-electron chi connectivity index (χ0n) is 10.1. The number of piperazine rings is 1. The van der Waals surface area contributed by atoms with Gasteiger partial charge in [0, 0.05) is 39.1 Å². The maximum Gasteiger partial charge on any atom is 0.219 e. The van der Waals surface area contributed by atoms with Crippen LogP contribution >= 0.6 is 0 Å². The summed E-state index contributed by atoms with van der Waals surface area (Å²) in [6, 6.07) is 0.637. The second-order valence-electron chi connectivity index (χ2n) is 5.00. The van der Waals surface area contributed by atoms with Crippen LogP contribution in [0.15, 0.2) is 0 Å². The summed E-state index contributed by atoms with van der Waals surface area (Å²) in [7, 11) is 0. The van der Waals surface area contributed by atoms with Gasteiger partial charge in [0.2, 0.25) is 5.91 Å². The molecule has 1 amide bonds. The van der Waals surface area contributed by atoms with Crippen molar-refractivity contribution in [2.75, 3.05) is 26.2 Å². The monoisotopic (exact) mass is 226 g/mol. The molecular formula is C12H22N2O2. The minimum atomic E-state index is -0.0743. The number of nitrogens with zero attached hydrogens (tertiary/aromatic N) is 2. The molecule has 0 bridgehead atoms. The van der Waals surface area contributed by atoms with Crippen LogP contribution in [0.5, 0.6) is 0 Å². The Morgan fingerprint density at radius 1 is 1.06 bits per heavy atom. The van der Waals surface area contributed by atoms with Crippen molar-refractivity contribution in [3.8, 4) is 0 Å². The number of amides is 1. The summed E-state index contributed by atoms with van der Waals surface area (Å²) in [6.07, 6.45) is 4.03. The summed E-state index contributed by atoms with van der Waals surface area (Å²) >= 11 is 0. The lowest BCUT2D eigenvalue weighted by Crippen LogP contribution is -2.52. The van der Waals surface area contributed by atoms with Crippen LogP contribution in [0.3, 0.4) is 0 Å². The number of aliphatic hydroxyl groups excluding tert-OH is 1. The van der Waals surface area contributed by atoms with Crippen LogP contribution in [-0.2, 0) is 4.79 Å². The van der Waals surface area contributed by atoms with Crippen LogP contribution in [0, 0.1) is 0 Å². The van der Waals surface area contributed by atoms with Gasteiger partial charge in [0.05, 0.1) is 6.10 Å². The van der Waals surface area contributed by atoms with Gasteiger partial charge in [0.1, 0.15) is 0 Å². The summed E-state index contributed by atoms with van der Waals surface area (Å²) in [4.78, 5) is 15.6. The Balaban J connectivity index is 1.78. The maximum absolute atomic E-state index is 11.2. The molecule has 1 saturated heterocycles. The average molecular weight is 226 g/mol. The van der Waals surface area contributed by atoms with Gasteiger partial charge >= 0.3 is 0 Å². The third kappa shape index (κ3) is 2.74. The lowest BCUT2D eigenvalue weighted by Gasteiger charge is -2.41. The topological polar surface area (TPSA) is 43.8 Å². The predicted octanol–water partition coefficient (Wildman–Crippen LogP) is 0.454. The van der Waals surface area contributed by atoms with Crippen molar-refractivity contribution in [2.24, 2.45) is 0 Å². The zero-order valence-corrected chi connectivity index (χ0v) is 10.1. The molecule has 0 spiro atoms. The van der Waals surface area contributed by atoms with Crippen LogP contribution in [0.4, 0.5) is 0 Å². The van der Waals surface area contributed by atoms with Gasteiger partial charge in [0.15, 0.2) is 0 Å². The van der Waals surface area contributed by atoms with Crippen molar-refractivity contribution in [1.82, 2.24) is 9.80 Å². The first-order chi connectivity index (χ1) is 7.66. The third-order valence-electron chi connectivity index (χ3n) is 3.94. The lowest BCUT2D eigenvalue weighted by atomic mass is 9.91. The van der Waals surface area contributed by atoms with Gasteiger partial charge in [0.25, 0.3) is 0 Å². The zero-order chi connectivity index (χ0) is 11.5. The largest absolute Gasteiger partial charge is 0.393 e. The summed E-state index contributed by atoms with van der Waals surface area (Å²) in [5.74, 6) is 0.193. The van der Waals surface area contributed by atoms with Crippen LogP contribution < -0.4 is 0 Å². The van der Waals surface area contributed by atoms with E-state index in [1.165, 1.54) is 0 Å². The fourth-order valence-corrected chi connectivity index (χ4v) is 2.83. The van der Waals surface area contributed by atoms with Gasteiger partial charge in [-0.1, -0.05) is 0 Å². The number of rotatable bonds is 1. The van der Waals surface area contributed by atoms with E-state index in [0.29, 0.717) is 6.04 Å². The molecule has 16 heavy (non-hydrogen) atoms. The molecule has 92 valence electrons. The Morgan fingerprint density at radius 3 is 2.12 bits per heavy atom. The molecule has 1 saturated carbocycles. The molecule has 0 atom stereocenters. The molecule has 2 fully saturated rings. The van der Waals surface area contributed by atoms with Gasteiger partial charge in [-0.3, -0.25) is 9.69 Å². The predicted molar refractivity (Wildman–Crippen MR) is 62.1 cm³/mol. The van der Waals surface area contributed by atoms with Crippen LogP contribution in [0.2, 0.25) is 0 Å². The summed E-state index contributed by atoms with van der Waals surface area (Å²) in [6.45, 7) is 5.39. The van der Waals surface area contributed by atoms with E-state index in [9.17, 15) is 9.90 Å². The standard InChI is InChI=1S/C12H22N2O2/c1-10(15)13-6-8-14(9-7-13)11-2-4-12(16)5-3-11/h11-12,16H,2-9H2,1H3. The first-order valence-corrected chi connectivity index (χ1v) is 6.34. The first kappa shape index (κ1) is 11.9. The minimum Gasteiger partial charge on any atom is -0.393 e. The van der Waals surface area contributed by atoms with Gasteiger partial charge in [-0.25, -0.2) is 0 Å². The SMILES string of the molecule is CC(=O)N1CCN(C2CCC(O)CC2)CC1. The normalized spacial score (nSPS) is 32.8. The lowest BCUT2D eigenvalue weighted by molar-refractivity contribution is -0.131. The van der Waals surface area contributed by atoms with Crippen molar-refractivity contribution >= 4 is 5.91 Å². The molecule has 4 nitrogen and oxygen atoms in total. The van der Waals surface area contributed by atoms with Crippen LogP contribution in [0.25, 0.3) is 0 Å². The Morgan fingerprint density at radius 2 is 1.62 bits per heavy atom. The Bertz CT molecular complexity index is 241. The molecule has 1 aliphatic carbocycles. The van der Waals surface area contributed by atoms with Gasteiger partial charge in [-0.05, 0) is 25.7 Å². The van der Waals surface area contributed by atoms with Gasteiger partial charge < -0.3 is 10.0 Å². The number of hydrogen-bond acceptors (Lipinski definition) is 3. The molecule has 1 aliphatic heterocycles. The number of hydrogen-bond donors (Lipinski definition) is 1. The van der Waals surface area contributed by atoms with Crippen LogP contribution in [0.1, 0.15) is 32.6 Å². The molecule has 4 heteroatoms. The molecule has 0 radical (unpaired) electrons. The molecule has 0 aromatic carbocycles. The third-order valence-corrected chi connectivity index (χ3v) is 3.94. The van der Waals surface area contributed by atoms with E-state index in [-0.39, 0.29) is 12.0 Å². The van der Waals surface area contributed by atoms with Crippen LogP contribution in [-0.4, -0.2) is 59.1 Å². The van der Waals surface area contributed by atoms with Crippen molar-refractivity contribution in [1.29, 1.82) is 0 Å². The summed E-state index contributed by atoms with van der Waals surface area (Å²) in [5, 5.41) is 9.47. The average Bonchev–Trinajstić information content (AvgIpc) is 2.30. The highest BCUT2D eigenvalue weighted by atomic mass is 16.3. The van der Waals surface area contributed by atoms with Gasteiger partial charge in [-0.15, -0.1) is 0 Å². The Labute approximate surface area is 97.2 Å². The molecule has 1 heterocycles. The quantitative estimate of drug-likeness (QED) is 0.706. The van der Waals surface area contributed by atoms with E-state index >= 15 is 0 Å². The number of carbonyl (C=O) groups is 1. The second-order valence-corrected chi connectivity index (χ2v) is 5.00. The molecule has 0 unspecified atom stereocenters. The smallest absolute Gasteiger partial charge is 0.219 e. The van der Waals surface area contributed by atoms with Gasteiger partial charge in [-0.2, -0.15) is 0 Å². The fourth-order valence-electron chi connectivity index (χ4n) is 2.83. The highest BCUT2D eigenvalue weighted by Gasteiger charge is 2.27. The summed E-state index contributed by atoms with van der Waals surface area (Å²) < 4.78 is 0. The van der Waals surface area contributed by atoms with E-state index in [2.05, 4.69) is 4.90 Å². The summed E-state index contributed by atoms with van der Waals surface area (Å²) in [5.41, 5.74) is 0. The number of aliphatic hydroxyl groups is 1. The number of carbonyl (C=O) groups excluding carboxylic acids is 1. The van der Waals surface area contributed by atoms with Crippen molar-refractivity contribution in [3.63, 3.8) is 0 Å². The first-order valence-electron chi connectivity index (χ1n) is 6.34. The van der Waals surface area contributed by atoms with Crippen molar-refractivity contribution in [3.05, 3.63) is 0 Å². The van der Waals surface area contributed by atoms with E-state index < -0.39 is 0 Å².